The highest BCUT2D eigenvalue weighted by Gasteiger charge is 2.16. The number of hydrogen-bond acceptors (Lipinski definition) is 11. The molecule has 1 rings (SSSR count). The topological polar surface area (TPSA) is 221 Å². The number of ether oxygens (including phenoxy) is 4. The Morgan fingerprint density at radius 2 is 1.13 bits per heavy atom. The number of ketones is 2. The molecular weight excluding hydrogens is 771 g/mol. The van der Waals surface area contributed by atoms with Gasteiger partial charge in [-0.2, -0.15) is 0 Å². The lowest BCUT2D eigenvalue weighted by Crippen LogP contribution is -2.33. The first kappa shape index (κ1) is 54.8. The van der Waals surface area contributed by atoms with Gasteiger partial charge in [0, 0.05) is 63.7 Å². The Hall–Kier alpha value is -3.24. The maximum absolute atomic E-state index is 12.3. The van der Waals surface area contributed by atoms with E-state index in [1.165, 1.54) is 57.8 Å². The Kier molecular flexibility index (Phi) is 36.4. The largest absolute Gasteiger partial charge is 0.481 e. The molecule has 2 amide bonds. The van der Waals surface area contributed by atoms with Gasteiger partial charge in [0.1, 0.15) is 24.8 Å². The normalized spacial score (nSPS) is 12.3. The highest BCUT2D eigenvalue weighted by atomic mass is 16.5. The average molecular weight is 852 g/mol. The number of Topliss-reactive ketones (excluding diaryl/α,β-unsaturated/α-hetero) is 2. The molecule has 15 nitrogen and oxygen atoms in total. The summed E-state index contributed by atoms with van der Waals surface area (Å²) in [5.41, 5.74) is 6.88. The van der Waals surface area contributed by atoms with Crippen LogP contribution in [0.15, 0.2) is 12.5 Å². The Morgan fingerprint density at radius 1 is 0.617 bits per heavy atom. The average Bonchev–Trinajstić information content (AvgIpc) is 3.74. The summed E-state index contributed by atoms with van der Waals surface area (Å²) in [6, 6.07) is -0.512. The Morgan fingerprint density at radius 3 is 1.70 bits per heavy atom. The van der Waals surface area contributed by atoms with Gasteiger partial charge in [-0.25, -0.2) is 4.98 Å². The van der Waals surface area contributed by atoms with Gasteiger partial charge in [-0.3, -0.25) is 24.0 Å². The van der Waals surface area contributed by atoms with Crippen molar-refractivity contribution in [3.63, 3.8) is 0 Å². The lowest BCUT2D eigenvalue weighted by atomic mass is 9.95. The summed E-state index contributed by atoms with van der Waals surface area (Å²) in [4.78, 5) is 65.8. The van der Waals surface area contributed by atoms with E-state index in [1.54, 1.807) is 12.5 Å². The van der Waals surface area contributed by atoms with E-state index in [9.17, 15) is 24.0 Å². The number of unbranched alkanes of at least 4 members (excludes halogenated alkanes) is 14. The maximum Gasteiger partial charge on any atom is 0.303 e. The second-order valence-corrected chi connectivity index (χ2v) is 16.0. The minimum atomic E-state index is -0.690. The maximum atomic E-state index is 12.3. The van der Waals surface area contributed by atoms with Crippen molar-refractivity contribution in [2.45, 2.75) is 167 Å². The van der Waals surface area contributed by atoms with Crippen LogP contribution in [0.5, 0.6) is 0 Å². The predicted octanol–water partition coefficient (Wildman–Crippen LogP) is 6.41. The molecule has 2 atom stereocenters. The Bertz CT molecular complexity index is 1220. The SMILES string of the molecule is C[C@H](CCCCNC(=O)COCCOCCNC(=O)COCCOCCCC(=O)CCCCCCCCCCCCCCCCC(=O)O)CCC(=O)[C@@H](N)Cc1cnc[nH]1. The number of nitrogens with one attached hydrogen (secondary N) is 3. The van der Waals surface area contributed by atoms with E-state index in [4.69, 9.17) is 29.8 Å². The van der Waals surface area contributed by atoms with Crippen LogP contribution in [0.4, 0.5) is 0 Å². The molecule has 6 N–H and O–H groups in total. The van der Waals surface area contributed by atoms with Crippen LogP contribution in [-0.4, -0.2) is 116 Å². The van der Waals surface area contributed by atoms with E-state index < -0.39 is 12.0 Å². The molecule has 60 heavy (non-hydrogen) atoms. The van der Waals surface area contributed by atoms with Crippen LogP contribution in [0, 0.1) is 5.92 Å². The number of carbonyl (C=O) groups excluding carboxylic acids is 4. The molecular formula is C45H81N5O10. The first-order chi connectivity index (χ1) is 29.2. The van der Waals surface area contributed by atoms with Crippen molar-refractivity contribution >= 4 is 29.4 Å². The zero-order chi connectivity index (χ0) is 43.7. The van der Waals surface area contributed by atoms with Gasteiger partial charge in [0.25, 0.3) is 0 Å². The zero-order valence-electron chi connectivity index (χ0n) is 37.0. The predicted molar refractivity (Wildman–Crippen MR) is 233 cm³/mol. The molecule has 1 heterocycles. The Labute approximate surface area is 360 Å². The fourth-order valence-electron chi connectivity index (χ4n) is 6.66. The van der Waals surface area contributed by atoms with Gasteiger partial charge in [-0.15, -0.1) is 0 Å². The molecule has 0 aromatic carbocycles. The van der Waals surface area contributed by atoms with Crippen molar-refractivity contribution in [3.8, 4) is 0 Å². The molecule has 1 aromatic heterocycles. The van der Waals surface area contributed by atoms with Crippen molar-refractivity contribution in [2.75, 3.05) is 65.9 Å². The summed E-state index contributed by atoms with van der Waals surface area (Å²) < 4.78 is 21.7. The van der Waals surface area contributed by atoms with E-state index in [-0.39, 0.29) is 37.4 Å². The summed E-state index contributed by atoms with van der Waals surface area (Å²) in [7, 11) is 0. The molecule has 346 valence electrons. The minimum absolute atomic E-state index is 0.0390. The molecule has 0 spiro atoms. The van der Waals surface area contributed by atoms with Crippen molar-refractivity contribution in [1.82, 2.24) is 20.6 Å². The standard InChI is InChI=1S/C45H81N5O10/c1-38(23-24-42(52)41(46)33-39-34-47-37-50-39)19-16-17-25-48-43(53)35-60-32-30-58-28-26-49-44(54)36-59-31-29-57-27-18-21-40(51)20-14-12-10-8-6-4-2-3-5-7-9-11-13-15-22-45(55)56/h34,37-38,41H,2-33,35-36,46H2,1H3,(H,47,50)(H,48,53)(H,49,54)(H,55,56)/t38-,41+/m1/s1. The third kappa shape index (κ3) is 36.6. The molecule has 15 heteroatoms. The molecule has 1 aromatic rings. The molecule has 0 aliphatic rings. The van der Waals surface area contributed by atoms with Crippen LogP contribution < -0.4 is 16.4 Å². The van der Waals surface area contributed by atoms with Crippen molar-refractivity contribution in [3.05, 3.63) is 18.2 Å². The first-order valence-electron chi connectivity index (χ1n) is 23.0. The Balaban J connectivity index is 1.77. The summed E-state index contributed by atoms with van der Waals surface area (Å²) in [6.45, 7) is 5.00. The molecule has 0 bridgehead atoms. The summed E-state index contributed by atoms with van der Waals surface area (Å²) >= 11 is 0. The number of carboxylic acid groups (broad SMARTS) is 1. The number of rotatable bonds is 45. The number of carbonyl (C=O) groups is 5. The van der Waals surface area contributed by atoms with Gasteiger partial charge in [-0.1, -0.05) is 96.8 Å². The van der Waals surface area contributed by atoms with Crippen LogP contribution in [0.25, 0.3) is 0 Å². The molecule has 0 radical (unpaired) electrons. The molecule has 0 saturated carbocycles. The van der Waals surface area contributed by atoms with Crippen LogP contribution in [0.1, 0.15) is 160 Å². The van der Waals surface area contributed by atoms with Gasteiger partial charge in [0.15, 0.2) is 0 Å². The first-order valence-corrected chi connectivity index (χ1v) is 23.0. The fraction of sp³-hybridized carbons (Fsp3) is 0.822. The number of aromatic nitrogens is 2. The lowest BCUT2D eigenvalue weighted by molar-refractivity contribution is -0.137. The summed E-state index contributed by atoms with van der Waals surface area (Å²) in [5, 5.41) is 14.2. The third-order valence-electron chi connectivity index (χ3n) is 10.4. The number of H-pyrrole nitrogens is 1. The van der Waals surface area contributed by atoms with E-state index in [2.05, 4.69) is 27.5 Å². The van der Waals surface area contributed by atoms with Crippen LogP contribution in [0.3, 0.4) is 0 Å². The van der Waals surface area contributed by atoms with Gasteiger partial charge < -0.3 is 45.4 Å². The van der Waals surface area contributed by atoms with Crippen molar-refractivity contribution < 1.29 is 48.0 Å². The minimum Gasteiger partial charge on any atom is -0.481 e. The van der Waals surface area contributed by atoms with Gasteiger partial charge in [0.05, 0.1) is 45.4 Å². The highest BCUT2D eigenvalue weighted by molar-refractivity contribution is 5.84. The summed E-state index contributed by atoms with van der Waals surface area (Å²) in [5.74, 6) is -0.339. The third-order valence-corrected chi connectivity index (χ3v) is 10.4. The van der Waals surface area contributed by atoms with E-state index in [1.807, 2.05) is 0 Å². The number of aromatic amines is 1. The monoisotopic (exact) mass is 852 g/mol. The summed E-state index contributed by atoms with van der Waals surface area (Å²) in [6.07, 6.45) is 26.4. The second-order valence-electron chi connectivity index (χ2n) is 16.0. The number of nitrogens with zero attached hydrogens (tertiary/aromatic N) is 1. The van der Waals surface area contributed by atoms with Crippen molar-refractivity contribution in [2.24, 2.45) is 11.7 Å². The molecule has 0 aliphatic carbocycles. The molecule has 0 unspecified atom stereocenters. The number of imidazole rings is 1. The second kappa shape index (κ2) is 39.9. The zero-order valence-corrected chi connectivity index (χ0v) is 37.0. The van der Waals surface area contributed by atoms with E-state index in [0.717, 1.165) is 63.5 Å². The van der Waals surface area contributed by atoms with E-state index in [0.29, 0.717) is 96.4 Å². The van der Waals surface area contributed by atoms with Crippen LogP contribution in [0.2, 0.25) is 0 Å². The van der Waals surface area contributed by atoms with E-state index >= 15 is 0 Å². The smallest absolute Gasteiger partial charge is 0.303 e. The molecule has 0 fully saturated rings. The number of aliphatic carboxylic acids is 1. The van der Waals surface area contributed by atoms with Gasteiger partial charge >= 0.3 is 5.97 Å². The van der Waals surface area contributed by atoms with Crippen molar-refractivity contribution in [1.29, 1.82) is 0 Å². The fourth-order valence-corrected chi connectivity index (χ4v) is 6.66. The number of nitrogens with two attached hydrogens (primary N) is 1. The highest BCUT2D eigenvalue weighted by Crippen LogP contribution is 2.16. The number of hydrogen-bond donors (Lipinski definition) is 5. The number of amides is 2. The lowest BCUT2D eigenvalue weighted by Gasteiger charge is -2.13. The molecule has 0 aliphatic heterocycles. The van der Waals surface area contributed by atoms with Gasteiger partial charge in [0.2, 0.25) is 11.8 Å². The quantitative estimate of drug-likeness (QED) is 0.0450. The number of carboxylic acids is 1. The van der Waals surface area contributed by atoms with Crippen LogP contribution >= 0.6 is 0 Å². The van der Waals surface area contributed by atoms with Crippen LogP contribution in [-0.2, 0) is 49.3 Å². The van der Waals surface area contributed by atoms with Gasteiger partial charge in [-0.05, 0) is 38.0 Å². The molecule has 0 saturated heterocycles.